The summed E-state index contributed by atoms with van der Waals surface area (Å²) < 4.78 is 0. The number of hydrogen-bond donors (Lipinski definition) is 0. The third-order valence-corrected chi connectivity index (χ3v) is 5.61. The number of nitrogens with zero attached hydrogens (tertiary/aromatic N) is 2. The summed E-state index contributed by atoms with van der Waals surface area (Å²) in [7, 11) is 0. The predicted molar refractivity (Wildman–Crippen MR) is 100 cm³/mol. The molecular weight excluding hydrogens is 308 g/mol. The van der Waals surface area contributed by atoms with Crippen LogP contribution in [0.2, 0.25) is 0 Å². The van der Waals surface area contributed by atoms with Crippen LogP contribution in [0.15, 0.2) is 60.7 Å². The first-order valence-corrected chi connectivity index (χ1v) is 9.43. The molecule has 2 atom stereocenters. The van der Waals surface area contributed by atoms with Gasteiger partial charge in [0.25, 0.3) is 0 Å². The number of amides is 1. The molecule has 0 N–H and O–H groups in total. The summed E-state index contributed by atoms with van der Waals surface area (Å²) in [4.78, 5) is 17.5. The van der Waals surface area contributed by atoms with Crippen molar-refractivity contribution in [3.05, 3.63) is 71.8 Å². The van der Waals surface area contributed by atoms with Crippen molar-refractivity contribution in [2.45, 2.75) is 44.3 Å². The van der Waals surface area contributed by atoms with Gasteiger partial charge in [0, 0.05) is 25.7 Å². The molecule has 2 heterocycles. The lowest BCUT2D eigenvalue weighted by molar-refractivity contribution is -0.141. The van der Waals surface area contributed by atoms with E-state index in [0.29, 0.717) is 11.9 Å². The average molecular weight is 334 g/mol. The lowest BCUT2D eigenvalue weighted by Gasteiger charge is -2.40. The Morgan fingerprint density at radius 3 is 2.28 bits per heavy atom. The van der Waals surface area contributed by atoms with Crippen LogP contribution < -0.4 is 0 Å². The van der Waals surface area contributed by atoms with Gasteiger partial charge in [-0.15, -0.1) is 0 Å². The van der Waals surface area contributed by atoms with Crippen LogP contribution in [0.5, 0.6) is 0 Å². The number of likely N-dealkylation sites (tertiary alicyclic amines) is 1. The first kappa shape index (κ1) is 16.3. The molecule has 2 aromatic carbocycles. The van der Waals surface area contributed by atoms with Crippen molar-refractivity contribution >= 4 is 5.91 Å². The van der Waals surface area contributed by atoms with E-state index in [-0.39, 0.29) is 6.04 Å². The van der Waals surface area contributed by atoms with Crippen molar-refractivity contribution in [2.75, 3.05) is 13.1 Å². The van der Waals surface area contributed by atoms with Gasteiger partial charge in [0.15, 0.2) is 0 Å². The second kappa shape index (κ2) is 7.40. The molecule has 2 aliphatic heterocycles. The summed E-state index contributed by atoms with van der Waals surface area (Å²) in [6.07, 6.45) is 4.27. The van der Waals surface area contributed by atoms with E-state index in [2.05, 4.69) is 64.4 Å². The smallest absolute Gasteiger partial charge is 0.240 e. The van der Waals surface area contributed by atoms with E-state index in [9.17, 15) is 4.79 Å². The molecule has 130 valence electrons. The zero-order valence-corrected chi connectivity index (χ0v) is 14.7. The van der Waals surface area contributed by atoms with Crippen LogP contribution in [0.3, 0.4) is 0 Å². The molecule has 0 aliphatic carbocycles. The molecule has 2 fully saturated rings. The molecule has 25 heavy (non-hydrogen) atoms. The Kier molecular flexibility index (Phi) is 4.84. The highest BCUT2D eigenvalue weighted by molar-refractivity contribution is 5.83. The van der Waals surface area contributed by atoms with Gasteiger partial charge < -0.3 is 4.90 Å². The molecule has 3 heteroatoms. The fourth-order valence-corrected chi connectivity index (χ4v) is 4.31. The van der Waals surface area contributed by atoms with Gasteiger partial charge in [-0.3, -0.25) is 9.69 Å². The third-order valence-electron chi connectivity index (χ3n) is 5.61. The number of benzene rings is 2. The van der Waals surface area contributed by atoms with Gasteiger partial charge in [0.05, 0.1) is 6.04 Å². The monoisotopic (exact) mass is 334 g/mol. The fraction of sp³-hybridized carbons (Fsp3) is 0.409. The van der Waals surface area contributed by atoms with Gasteiger partial charge >= 0.3 is 0 Å². The second-order valence-corrected chi connectivity index (χ2v) is 7.28. The van der Waals surface area contributed by atoms with Crippen molar-refractivity contribution in [1.29, 1.82) is 0 Å². The molecule has 2 saturated heterocycles. The molecule has 2 unspecified atom stereocenters. The second-order valence-electron chi connectivity index (χ2n) is 7.28. The SMILES string of the molecule is O=C1C2CCC(CN1CCCc1ccccc1)N2Cc1ccccc1. The number of hydrogen-bond acceptors (Lipinski definition) is 2. The fourth-order valence-electron chi connectivity index (χ4n) is 4.31. The normalized spacial score (nSPS) is 23.2. The molecule has 0 spiro atoms. The number of carbonyl (C=O) groups excluding carboxylic acids is 1. The minimum absolute atomic E-state index is 0.0932. The van der Waals surface area contributed by atoms with E-state index in [0.717, 1.165) is 45.3 Å². The molecule has 3 nitrogen and oxygen atoms in total. The number of rotatable bonds is 6. The van der Waals surface area contributed by atoms with Gasteiger partial charge in [-0.25, -0.2) is 0 Å². The molecular formula is C22H26N2O. The van der Waals surface area contributed by atoms with Crippen molar-refractivity contribution in [2.24, 2.45) is 0 Å². The summed E-state index contributed by atoms with van der Waals surface area (Å²) in [5.74, 6) is 0.345. The molecule has 0 radical (unpaired) electrons. The average Bonchev–Trinajstić information content (AvgIpc) is 2.96. The van der Waals surface area contributed by atoms with Crippen LogP contribution in [0, 0.1) is 0 Å². The van der Waals surface area contributed by atoms with Gasteiger partial charge in [-0.2, -0.15) is 0 Å². The molecule has 4 rings (SSSR count). The Bertz CT molecular complexity index is 700. The highest BCUT2D eigenvalue weighted by atomic mass is 16.2. The summed E-state index contributed by atoms with van der Waals surface area (Å²) in [6.45, 7) is 2.69. The molecule has 0 saturated carbocycles. The predicted octanol–water partition coefficient (Wildman–Crippen LogP) is 3.49. The summed E-state index contributed by atoms with van der Waals surface area (Å²) in [5, 5.41) is 0. The number of piperazine rings is 1. The van der Waals surface area contributed by atoms with Crippen LogP contribution in [0.4, 0.5) is 0 Å². The highest BCUT2D eigenvalue weighted by Crippen LogP contribution is 2.32. The standard InChI is InChI=1S/C22H26N2O/c25-22-21-14-13-20(24(21)16-19-10-5-2-6-11-19)17-23(22)15-7-12-18-8-3-1-4-9-18/h1-6,8-11,20-21H,7,12-17H2. The van der Waals surface area contributed by atoms with Crippen molar-refractivity contribution < 1.29 is 4.79 Å². The van der Waals surface area contributed by atoms with E-state index in [4.69, 9.17) is 0 Å². The molecule has 2 bridgehead atoms. The van der Waals surface area contributed by atoms with E-state index in [1.54, 1.807) is 0 Å². The lowest BCUT2D eigenvalue weighted by Crippen LogP contribution is -2.56. The summed E-state index contributed by atoms with van der Waals surface area (Å²) in [6, 6.07) is 21.7. The Hall–Kier alpha value is -2.13. The number of aryl methyl sites for hydroxylation is 1. The Morgan fingerprint density at radius 2 is 1.56 bits per heavy atom. The van der Waals surface area contributed by atoms with Crippen LogP contribution >= 0.6 is 0 Å². The highest BCUT2D eigenvalue weighted by Gasteiger charge is 2.44. The lowest BCUT2D eigenvalue weighted by atomic mass is 10.1. The van der Waals surface area contributed by atoms with Gasteiger partial charge in [0.2, 0.25) is 5.91 Å². The van der Waals surface area contributed by atoms with Crippen LogP contribution in [0.1, 0.15) is 30.4 Å². The minimum atomic E-state index is 0.0932. The zero-order chi connectivity index (χ0) is 17.1. The largest absolute Gasteiger partial charge is 0.340 e. The van der Waals surface area contributed by atoms with Gasteiger partial charge in [0.1, 0.15) is 0 Å². The maximum absolute atomic E-state index is 12.9. The van der Waals surface area contributed by atoms with Crippen LogP contribution in [-0.2, 0) is 17.8 Å². The van der Waals surface area contributed by atoms with E-state index in [1.807, 2.05) is 6.07 Å². The van der Waals surface area contributed by atoms with Crippen molar-refractivity contribution in [1.82, 2.24) is 9.80 Å². The Labute approximate surface area is 150 Å². The number of fused-ring (bicyclic) bond motifs is 2. The Morgan fingerprint density at radius 1 is 0.880 bits per heavy atom. The summed E-state index contributed by atoms with van der Waals surface area (Å²) >= 11 is 0. The summed E-state index contributed by atoms with van der Waals surface area (Å²) in [5.41, 5.74) is 2.67. The molecule has 2 aliphatic rings. The Balaban J connectivity index is 1.34. The maximum Gasteiger partial charge on any atom is 0.240 e. The van der Waals surface area contributed by atoms with Crippen molar-refractivity contribution in [3.63, 3.8) is 0 Å². The quantitative estimate of drug-likeness (QED) is 0.807. The molecule has 2 aromatic rings. The minimum Gasteiger partial charge on any atom is -0.340 e. The van der Waals surface area contributed by atoms with E-state index < -0.39 is 0 Å². The van der Waals surface area contributed by atoms with E-state index in [1.165, 1.54) is 11.1 Å². The van der Waals surface area contributed by atoms with Gasteiger partial charge in [-0.05, 0) is 36.8 Å². The first-order chi connectivity index (χ1) is 12.3. The first-order valence-electron chi connectivity index (χ1n) is 9.43. The number of carbonyl (C=O) groups is 1. The van der Waals surface area contributed by atoms with Crippen molar-refractivity contribution in [3.8, 4) is 0 Å². The van der Waals surface area contributed by atoms with Gasteiger partial charge in [-0.1, -0.05) is 60.7 Å². The van der Waals surface area contributed by atoms with E-state index >= 15 is 0 Å². The topological polar surface area (TPSA) is 23.6 Å². The third kappa shape index (κ3) is 3.62. The maximum atomic E-state index is 12.9. The molecule has 1 amide bonds. The van der Waals surface area contributed by atoms with Crippen LogP contribution in [0.25, 0.3) is 0 Å². The molecule has 0 aromatic heterocycles. The van der Waals surface area contributed by atoms with Crippen LogP contribution in [-0.4, -0.2) is 40.9 Å². The zero-order valence-electron chi connectivity index (χ0n) is 14.7.